The van der Waals surface area contributed by atoms with Gasteiger partial charge in [-0.1, -0.05) is 18.2 Å². The van der Waals surface area contributed by atoms with Gasteiger partial charge in [0.1, 0.15) is 6.54 Å². The lowest BCUT2D eigenvalue weighted by atomic mass is 9.48. The number of carbonyl (C=O) groups is 1. The van der Waals surface area contributed by atoms with Gasteiger partial charge in [0.05, 0.1) is 25.3 Å². The third-order valence-electron chi connectivity index (χ3n) is 8.14. The van der Waals surface area contributed by atoms with Crippen LogP contribution in [0.3, 0.4) is 0 Å². The number of nitrogens with one attached hydrogen (secondary N) is 1. The predicted octanol–water partition coefficient (Wildman–Crippen LogP) is 3.78. The number of methoxy groups -OCH3 is 1. The van der Waals surface area contributed by atoms with Gasteiger partial charge < -0.3 is 9.84 Å². The van der Waals surface area contributed by atoms with Crippen molar-refractivity contribution in [3.63, 3.8) is 0 Å². The standard InChI is InChI=1S/C27H33N3O5S/c1-35-24-5-3-4-21(26(24)32)16-28-29-25(31)17-30(36(2,33)34)23-8-6-22(7-9-23)27-13-18-10-19(14-27)12-20(11-18)15-27/h3-9,16,18-20,32H,10-15,17H2,1-2H3,(H,29,31). The molecule has 4 fully saturated rings. The van der Waals surface area contributed by atoms with E-state index in [1.165, 1.54) is 57.4 Å². The molecule has 4 saturated carbocycles. The first-order valence-corrected chi connectivity index (χ1v) is 14.3. The second-order valence-corrected chi connectivity index (χ2v) is 12.6. The van der Waals surface area contributed by atoms with Gasteiger partial charge in [0, 0.05) is 5.56 Å². The maximum absolute atomic E-state index is 12.5. The van der Waals surface area contributed by atoms with Crippen LogP contribution in [0.25, 0.3) is 0 Å². The van der Waals surface area contributed by atoms with E-state index in [1.54, 1.807) is 18.2 Å². The van der Waals surface area contributed by atoms with E-state index in [0.29, 0.717) is 11.3 Å². The van der Waals surface area contributed by atoms with Gasteiger partial charge in [-0.15, -0.1) is 0 Å². The molecule has 0 aliphatic heterocycles. The van der Waals surface area contributed by atoms with Gasteiger partial charge in [-0.2, -0.15) is 5.10 Å². The highest BCUT2D eigenvalue weighted by Crippen LogP contribution is 2.60. The molecule has 0 heterocycles. The van der Waals surface area contributed by atoms with E-state index in [-0.39, 0.29) is 16.9 Å². The Balaban J connectivity index is 1.28. The van der Waals surface area contributed by atoms with Gasteiger partial charge in [0.2, 0.25) is 10.0 Å². The number of sulfonamides is 1. The summed E-state index contributed by atoms with van der Waals surface area (Å²) in [6.45, 7) is -0.406. The van der Waals surface area contributed by atoms with Crippen molar-refractivity contribution in [1.82, 2.24) is 5.43 Å². The molecule has 36 heavy (non-hydrogen) atoms. The van der Waals surface area contributed by atoms with E-state index in [0.717, 1.165) is 28.3 Å². The Morgan fingerprint density at radius 3 is 2.28 bits per heavy atom. The maximum Gasteiger partial charge on any atom is 0.260 e. The number of hydrogen-bond donors (Lipinski definition) is 2. The maximum atomic E-state index is 12.5. The molecule has 2 aromatic rings. The van der Waals surface area contributed by atoms with Gasteiger partial charge in [0.25, 0.3) is 5.91 Å². The normalized spacial score (nSPS) is 26.8. The van der Waals surface area contributed by atoms with Crippen LogP contribution in [-0.4, -0.2) is 45.6 Å². The number of ether oxygens (including phenoxy) is 1. The molecule has 0 atom stereocenters. The van der Waals surface area contributed by atoms with Crippen LogP contribution >= 0.6 is 0 Å². The lowest BCUT2D eigenvalue weighted by molar-refractivity contribution is -0.119. The molecule has 0 aromatic heterocycles. The van der Waals surface area contributed by atoms with Crippen LogP contribution in [0, 0.1) is 17.8 Å². The molecule has 4 bridgehead atoms. The minimum Gasteiger partial charge on any atom is -0.504 e. The molecule has 6 rings (SSSR count). The van der Waals surface area contributed by atoms with Crippen LogP contribution in [0.2, 0.25) is 0 Å². The average Bonchev–Trinajstić information content (AvgIpc) is 2.82. The van der Waals surface area contributed by atoms with Crippen molar-refractivity contribution in [3.05, 3.63) is 53.6 Å². The van der Waals surface area contributed by atoms with Crippen molar-refractivity contribution in [2.45, 2.75) is 43.9 Å². The molecule has 4 aliphatic rings. The molecule has 0 unspecified atom stereocenters. The second-order valence-electron chi connectivity index (χ2n) is 10.7. The van der Waals surface area contributed by atoms with E-state index >= 15 is 0 Å². The zero-order valence-electron chi connectivity index (χ0n) is 20.7. The number of anilines is 1. The number of amides is 1. The Morgan fingerprint density at radius 2 is 1.72 bits per heavy atom. The Bertz CT molecular complexity index is 1240. The van der Waals surface area contributed by atoms with Crippen molar-refractivity contribution in [1.29, 1.82) is 0 Å². The Kier molecular flexibility index (Phi) is 6.44. The predicted molar refractivity (Wildman–Crippen MR) is 139 cm³/mol. The average molecular weight is 512 g/mol. The number of hydrogen-bond acceptors (Lipinski definition) is 6. The first-order valence-electron chi connectivity index (χ1n) is 12.4. The summed E-state index contributed by atoms with van der Waals surface area (Å²) < 4.78 is 31.2. The Labute approximate surface area is 212 Å². The third kappa shape index (κ3) is 4.81. The van der Waals surface area contributed by atoms with E-state index in [1.807, 2.05) is 12.1 Å². The molecular formula is C27H33N3O5S. The SMILES string of the molecule is COc1cccc(C=NNC(=O)CN(c2ccc(C34CC5CC(CC(C5)C3)C4)cc2)S(C)(=O)=O)c1O. The minimum atomic E-state index is -3.70. The molecule has 0 spiro atoms. The molecule has 9 heteroatoms. The molecule has 1 amide bonds. The van der Waals surface area contributed by atoms with Crippen molar-refractivity contribution in [2.75, 3.05) is 24.2 Å². The van der Waals surface area contributed by atoms with Gasteiger partial charge in [-0.25, -0.2) is 13.8 Å². The molecular weight excluding hydrogens is 478 g/mol. The summed E-state index contributed by atoms with van der Waals surface area (Å²) >= 11 is 0. The van der Waals surface area contributed by atoms with Crippen molar-refractivity contribution in [3.8, 4) is 11.5 Å². The van der Waals surface area contributed by atoms with Gasteiger partial charge in [-0.3, -0.25) is 9.10 Å². The first-order chi connectivity index (χ1) is 17.2. The van der Waals surface area contributed by atoms with Gasteiger partial charge in [0.15, 0.2) is 11.5 Å². The number of hydrazone groups is 1. The second kappa shape index (κ2) is 9.42. The van der Waals surface area contributed by atoms with Crippen molar-refractivity contribution < 1.29 is 23.1 Å². The zero-order chi connectivity index (χ0) is 25.5. The van der Waals surface area contributed by atoms with Crippen LogP contribution in [0.15, 0.2) is 47.6 Å². The summed E-state index contributed by atoms with van der Waals surface area (Å²) in [5, 5.41) is 14.0. The Hall–Kier alpha value is -3.07. The quantitative estimate of drug-likeness (QED) is 0.414. The first kappa shape index (κ1) is 24.6. The number of phenolic OH excluding ortho intramolecular Hbond substituents is 1. The summed E-state index contributed by atoms with van der Waals surface area (Å²) in [5.41, 5.74) is 4.67. The van der Waals surface area contributed by atoms with E-state index in [2.05, 4.69) is 22.7 Å². The number of para-hydroxylation sites is 1. The fourth-order valence-electron chi connectivity index (χ4n) is 6.99. The topological polar surface area (TPSA) is 108 Å². The highest BCUT2D eigenvalue weighted by atomic mass is 32.2. The van der Waals surface area contributed by atoms with Crippen LogP contribution in [0.1, 0.15) is 49.7 Å². The zero-order valence-corrected chi connectivity index (χ0v) is 21.5. The van der Waals surface area contributed by atoms with Crippen LogP contribution < -0.4 is 14.5 Å². The Morgan fingerprint density at radius 1 is 1.11 bits per heavy atom. The van der Waals surface area contributed by atoms with Crippen LogP contribution in [0.4, 0.5) is 5.69 Å². The molecule has 0 radical (unpaired) electrons. The third-order valence-corrected chi connectivity index (χ3v) is 9.28. The molecule has 8 nitrogen and oxygen atoms in total. The fraction of sp³-hybridized carbons (Fsp3) is 0.481. The summed E-state index contributed by atoms with van der Waals surface area (Å²) in [4.78, 5) is 12.5. The van der Waals surface area contributed by atoms with Gasteiger partial charge >= 0.3 is 0 Å². The summed E-state index contributed by atoms with van der Waals surface area (Å²) in [5.74, 6) is 2.06. The molecule has 192 valence electrons. The summed E-state index contributed by atoms with van der Waals surface area (Å²) in [6, 6.07) is 12.6. The van der Waals surface area contributed by atoms with Crippen LogP contribution in [-0.2, 0) is 20.2 Å². The highest BCUT2D eigenvalue weighted by molar-refractivity contribution is 7.92. The molecule has 4 aliphatic carbocycles. The van der Waals surface area contributed by atoms with E-state index < -0.39 is 22.5 Å². The summed E-state index contributed by atoms with van der Waals surface area (Å²) in [7, 11) is -2.26. The highest BCUT2D eigenvalue weighted by Gasteiger charge is 2.51. The van der Waals surface area contributed by atoms with Gasteiger partial charge in [-0.05, 0) is 91.5 Å². The number of aromatic hydroxyl groups is 1. The number of phenols is 1. The largest absolute Gasteiger partial charge is 0.504 e. The van der Waals surface area contributed by atoms with Crippen molar-refractivity contribution in [2.24, 2.45) is 22.9 Å². The number of nitrogens with zero attached hydrogens (tertiary/aromatic N) is 2. The molecule has 2 aromatic carbocycles. The number of carbonyl (C=O) groups excluding carboxylic acids is 1. The van der Waals surface area contributed by atoms with Crippen molar-refractivity contribution >= 4 is 27.8 Å². The monoisotopic (exact) mass is 511 g/mol. The van der Waals surface area contributed by atoms with E-state index in [4.69, 9.17) is 4.74 Å². The number of benzene rings is 2. The summed E-state index contributed by atoms with van der Waals surface area (Å²) in [6.07, 6.45) is 10.2. The lowest BCUT2D eigenvalue weighted by Crippen LogP contribution is -2.48. The van der Waals surface area contributed by atoms with Crippen LogP contribution in [0.5, 0.6) is 11.5 Å². The minimum absolute atomic E-state index is 0.102. The molecule has 0 saturated heterocycles. The lowest BCUT2D eigenvalue weighted by Gasteiger charge is -2.57. The smallest absolute Gasteiger partial charge is 0.260 e. The molecule has 2 N–H and O–H groups in total. The van der Waals surface area contributed by atoms with E-state index in [9.17, 15) is 18.3 Å². The fourth-order valence-corrected chi connectivity index (χ4v) is 7.85. The number of rotatable bonds is 8.